The van der Waals surface area contributed by atoms with E-state index in [1.54, 1.807) is 17.0 Å². The molecule has 0 bridgehead atoms. The van der Waals surface area contributed by atoms with E-state index in [1.807, 2.05) is 52.0 Å². The van der Waals surface area contributed by atoms with Crippen molar-refractivity contribution in [2.45, 2.75) is 58.8 Å². The van der Waals surface area contributed by atoms with Crippen molar-refractivity contribution in [3.05, 3.63) is 70.9 Å². The van der Waals surface area contributed by atoms with Crippen molar-refractivity contribution in [1.29, 1.82) is 0 Å². The topological polar surface area (TPSA) is 71.9 Å². The smallest absolute Gasteiger partial charge is 0.338 e. The van der Waals surface area contributed by atoms with Crippen LogP contribution in [0.3, 0.4) is 0 Å². The third-order valence-electron chi connectivity index (χ3n) is 6.56. The molecule has 1 fully saturated rings. The van der Waals surface area contributed by atoms with Gasteiger partial charge < -0.3 is 14.2 Å². The maximum Gasteiger partial charge on any atom is 0.338 e. The van der Waals surface area contributed by atoms with Crippen molar-refractivity contribution in [2.75, 3.05) is 6.54 Å². The molecule has 7 nitrogen and oxygen atoms in total. The van der Waals surface area contributed by atoms with Crippen molar-refractivity contribution in [3.8, 4) is 0 Å². The summed E-state index contributed by atoms with van der Waals surface area (Å²) in [5.74, 6) is -0.445. The van der Waals surface area contributed by atoms with E-state index in [1.165, 1.54) is 4.90 Å². The number of carbonyl (C=O) groups is 3. The summed E-state index contributed by atoms with van der Waals surface area (Å²) in [4.78, 5) is 41.1. The van der Waals surface area contributed by atoms with Gasteiger partial charge in [0.1, 0.15) is 11.6 Å². The first-order valence-corrected chi connectivity index (χ1v) is 11.7. The lowest BCUT2D eigenvalue weighted by Crippen LogP contribution is -2.40. The number of likely N-dealkylation sites (N-methyl/N-ethyl adjacent to an activating group) is 1. The number of para-hydroxylation sites is 1. The number of hydrogen-bond donors (Lipinski definition) is 0. The molecule has 0 saturated carbocycles. The normalized spacial score (nSPS) is 17.8. The van der Waals surface area contributed by atoms with Crippen LogP contribution in [0.2, 0.25) is 0 Å². The lowest BCUT2D eigenvalue weighted by atomic mass is 9.97. The van der Waals surface area contributed by atoms with Crippen LogP contribution in [0.1, 0.15) is 54.9 Å². The average molecular weight is 460 g/mol. The maximum absolute atomic E-state index is 12.9. The van der Waals surface area contributed by atoms with Crippen LogP contribution < -0.4 is 0 Å². The lowest BCUT2D eigenvalue weighted by molar-refractivity contribution is -0.128. The predicted molar refractivity (Wildman–Crippen MR) is 128 cm³/mol. The van der Waals surface area contributed by atoms with Gasteiger partial charge in [-0.3, -0.25) is 9.69 Å². The molecule has 1 aromatic heterocycles. The highest BCUT2D eigenvalue weighted by Gasteiger charge is 2.47. The van der Waals surface area contributed by atoms with Crippen molar-refractivity contribution in [3.63, 3.8) is 0 Å². The molecule has 0 N–H and O–H groups in total. The largest absolute Gasteiger partial charge is 0.456 e. The highest BCUT2D eigenvalue weighted by molar-refractivity contribution is 6.05. The minimum Gasteiger partial charge on any atom is -0.456 e. The molecule has 5 rings (SSSR count). The van der Waals surface area contributed by atoms with E-state index in [2.05, 4.69) is 16.7 Å². The van der Waals surface area contributed by atoms with Crippen molar-refractivity contribution in [2.24, 2.45) is 0 Å². The van der Waals surface area contributed by atoms with Gasteiger partial charge in [-0.05, 0) is 57.0 Å². The minimum absolute atomic E-state index is 0.104. The van der Waals surface area contributed by atoms with Crippen molar-refractivity contribution < 1.29 is 19.1 Å². The molecule has 0 spiro atoms. The third kappa shape index (κ3) is 3.65. The number of benzene rings is 2. The number of amides is 3. The number of fused-ring (bicyclic) bond motifs is 4. The van der Waals surface area contributed by atoms with E-state index in [0.717, 1.165) is 27.7 Å². The summed E-state index contributed by atoms with van der Waals surface area (Å²) in [6.07, 6.45) is 0.529. The Morgan fingerprint density at radius 1 is 1.06 bits per heavy atom. The van der Waals surface area contributed by atoms with Gasteiger partial charge in [-0.25, -0.2) is 9.59 Å². The van der Waals surface area contributed by atoms with Gasteiger partial charge in [0.2, 0.25) is 0 Å². The number of rotatable bonds is 4. The van der Waals surface area contributed by atoms with Gasteiger partial charge in [0, 0.05) is 36.1 Å². The van der Waals surface area contributed by atoms with Gasteiger partial charge >= 0.3 is 12.0 Å². The van der Waals surface area contributed by atoms with Crippen molar-refractivity contribution in [1.82, 2.24) is 14.4 Å². The number of esters is 1. The van der Waals surface area contributed by atoms with Gasteiger partial charge in [0.25, 0.3) is 5.91 Å². The minimum atomic E-state index is -0.543. The second kappa shape index (κ2) is 8.01. The number of carbonyl (C=O) groups excluding carboxylic acids is 3. The zero-order valence-corrected chi connectivity index (χ0v) is 20.0. The Morgan fingerprint density at radius 3 is 2.44 bits per heavy atom. The van der Waals surface area contributed by atoms with E-state index in [9.17, 15) is 14.4 Å². The number of imide groups is 1. The van der Waals surface area contributed by atoms with Crippen LogP contribution in [-0.2, 0) is 29.0 Å². The standard InChI is InChI=1S/C27H29N3O4/c1-5-28-24(31)22-14-20-19-8-6-7-9-21(19)29(23(20)16-30(22)26(28)33)15-17-10-12-18(13-11-17)25(32)34-27(2,3)4/h6-13,22H,5,14-16H2,1-4H3. The molecule has 3 amide bonds. The first-order chi connectivity index (χ1) is 16.2. The number of aromatic nitrogens is 1. The van der Waals surface area contributed by atoms with E-state index in [4.69, 9.17) is 4.74 Å². The number of nitrogens with zero attached hydrogens (tertiary/aromatic N) is 3. The highest BCUT2D eigenvalue weighted by atomic mass is 16.6. The summed E-state index contributed by atoms with van der Waals surface area (Å²) in [5, 5.41) is 1.12. The van der Waals surface area contributed by atoms with Crippen LogP contribution in [0, 0.1) is 0 Å². The van der Waals surface area contributed by atoms with Crippen LogP contribution >= 0.6 is 0 Å². The van der Waals surface area contributed by atoms with Gasteiger partial charge in [0.05, 0.1) is 12.1 Å². The molecule has 2 aliphatic heterocycles. The molecule has 2 aromatic carbocycles. The van der Waals surface area contributed by atoms with Gasteiger partial charge in [-0.1, -0.05) is 30.3 Å². The number of ether oxygens (including phenoxy) is 1. The Labute approximate surface area is 198 Å². The molecule has 34 heavy (non-hydrogen) atoms. The predicted octanol–water partition coefficient (Wildman–Crippen LogP) is 4.35. The fraction of sp³-hybridized carbons (Fsp3) is 0.370. The Hall–Kier alpha value is -3.61. The summed E-state index contributed by atoms with van der Waals surface area (Å²) >= 11 is 0. The van der Waals surface area contributed by atoms with Crippen LogP contribution in [0.4, 0.5) is 4.79 Å². The average Bonchev–Trinajstić information content (AvgIpc) is 3.23. The van der Waals surface area contributed by atoms with E-state index in [-0.39, 0.29) is 17.9 Å². The second-order valence-electron chi connectivity index (χ2n) is 9.94. The second-order valence-corrected chi connectivity index (χ2v) is 9.94. The van der Waals surface area contributed by atoms with E-state index >= 15 is 0 Å². The molecule has 1 unspecified atom stereocenters. The Kier molecular flexibility index (Phi) is 5.23. The maximum atomic E-state index is 12.9. The molecule has 1 atom stereocenters. The molecular formula is C27H29N3O4. The van der Waals surface area contributed by atoms with Gasteiger partial charge in [-0.15, -0.1) is 0 Å². The molecule has 7 heteroatoms. The quantitative estimate of drug-likeness (QED) is 0.430. The van der Waals surface area contributed by atoms with Gasteiger partial charge in [0.15, 0.2) is 0 Å². The summed E-state index contributed by atoms with van der Waals surface area (Å²) < 4.78 is 7.70. The first-order valence-electron chi connectivity index (χ1n) is 11.7. The van der Waals surface area contributed by atoms with Crippen LogP contribution in [0.15, 0.2) is 48.5 Å². The summed E-state index contributed by atoms with van der Waals surface area (Å²) in [7, 11) is 0. The highest BCUT2D eigenvalue weighted by Crippen LogP contribution is 2.36. The van der Waals surface area contributed by atoms with Crippen LogP contribution in [0.25, 0.3) is 10.9 Å². The molecule has 0 aliphatic carbocycles. The van der Waals surface area contributed by atoms with Gasteiger partial charge in [-0.2, -0.15) is 0 Å². The zero-order valence-electron chi connectivity index (χ0n) is 20.0. The molecular weight excluding hydrogens is 430 g/mol. The SMILES string of the molecule is CCN1C(=O)C2Cc3c(n(Cc4ccc(C(=O)OC(C)(C)C)cc4)c4ccccc34)CN2C1=O. The first kappa shape index (κ1) is 22.2. The van der Waals surface area contributed by atoms with Crippen molar-refractivity contribution >= 4 is 28.8 Å². The summed E-state index contributed by atoms with van der Waals surface area (Å²) in [5.41, 5.74) is 4.29. The molecule has 2 aliphatic rings. The Balaban J connectivity index is 1.48. The lowest BCUT2D eigenvalue weighted by Gasteiger charge is -2.28. The molecule has 3 heterocycles. The molecule has 0 radical (unpaired) electrons. The third-order valence-corrected chi connectivity index (χ3v) is 6.56. The molecule has 1 saturated heterocycles. The molecule has 3 aromatic rings. The number of hydrogen-bond acceptors (Lipinski definition) is 4. The van der Waals surface area contributed by atoms with Crippen LogP contribution in [0.5, 0.6) is 0 Å². The van der Waals surface area contributed by atoms with E-state index < -0.39 is 11.6 Å². The Bertz CT molecular complexity index is 1300. The Morgan fingerprint density at radius 2 is 1.76 bits per heavy atom. The zero-order chi connectivity index (χ0) is 24.2. The number of urea groups is 1. The summed E-state index contributed by atoms with van der Waals surface area (Å²) in [6, 6.07) is 15.0. The van der Waals surface area contributed by atoms with E-state index in [0.29, 0.717) is 31.6 Å². The monoisotopic (exact) mass is 459 g/mol. The summed E-state index contributed by atoms with van der Waals surface area (Å²) in [6.45, 7) is 8.78. The molecule has 176 valence electrons. The fourth-order valence-corrected chi connectivity index (χ4v) is 5.00. The fourth-order valence-electron chi connectivity index (χ4n) is 5.00. The van der Waals surface area contributed by atoms with Crippen LogP contribution in [-0.4, -0.2) is 50.5 Å².